The van der Waals surface area contributed by atoms with Crippen LogP contribution in [0, 0.1) is 6.92 Å². The minimum Gasteiger partial charge on any atom is -0.389 e. The first-order valence-electron chi connectivity index (χ1n) is 5.66. The van der Waals surface area contributed by atoms with Crippen molar-refractivity contribution in [2.24, 2.45) is 0 Å². The van der Waals surface area contributed by atoms with Crippen molar-refractivity contribution in [2.75, 3.05) is 6.54 Å². The number of sulfonamides is 1. The first-order valence-corrected chi connectivity index (χ1v) is 8.34. The monoisotopic (exact) mass is 311 g/mol. The van der Waals surface area contributed by atoms with Gasteiger partial charge in [0.1, 0.15) is 4.21 Å². The predicted molar refractivity (Wildman–Crippen MR) is 74.8 cm³/mol. The lowest BCUT2D eigenvalue weighted by Gasteiger charge is -2.22. The van der Waals surface area contributed by atoms with Gasteiger partial charge in [0.25, 0.3) is 0 Å². The number of aryl methyl sites for hydroxylation is 1. The Labute approximate surface area is 117 Å². The standard InChI is InChI=1S/C11H18ClNO3S2/c1-4-5-11(3,14)7-13-18(15,16)9-6-8(2)10(12)17-9/h6,13-14H,4-5,7H2,1-3H3. The van der Waals surface area contributed by atoms with E-state index in [4.69, 9.17) is 11.6 Å². The second-order valence-electron chi connectivity index (χ2n) is 4.59. The molecule has 0 aromatic carbocycles. The van der Waals surface area contributed by atoms with Crippen molar-refractivity contribution in [3.8, 4) is 0 Å². The van der Waals surface area contributed by atoms with Gasteiger partial charge in [0.05, 0.1) is 9.94 Å². The first kappa shape index (κ1) is 15.9. The average molecular weight is 312 g/mol. The van der Waals surface area contributed by atoms with Crippen molar-refractivity contribution in [2.45, 2.75) is 43.4 Å². The third-order valence-electron chi connectivity index (χ3n) is 2.53. The molecule has 0 saturated heterocycles. The van der Waals surface area contributed by atoms with Gasteiger partial charge in [-0.1, -0.05) is 24.9 Å². The summed E-state index contributed by atoms with van der Waals surface area (Å²) in [7, 11) is -3.59. The SMILES string of the molecule is CCCC(C)(O)CNS(=O)(=O)c1cc(C)c(Cl)s1. The van der Waals surface area contributed by atoms with Crippen LogP contribution in [-0.2, 0) is 10.0 Å². The van der Waals surface area contributed by atoms with Crippen molar-refractivity contribution < 1.29 is 13.5 Å². The summed E-state index contributed by atoms with van der Waals surface area (Å²) < 4.78 is 27.0. The molecular weight excluding hydrogens is 294 g/mol. The summed E-state index contributed by atoms with van der Waals surface area (Å²) in [5.41, 5.74) is -0.292. The zero-order valence-electron chi connectivity index (χ0n) is 10.7. The number of nitrogens with one attached hydrogen (secondary N) is 1. The topological polar surface area (TPSA) is 66.4 Å². The van der Waals surface area contributed by atoms with E-state index in [1.54, 1.807) is 13.8 Å². The lowest BCUT2D eigenvalue weighted by Crippen LogP contribution is -2.40. The van der Waals surface area contributed by atoms with Gasteiger partial charge in [-0.2, -0.15) is 0 Å². The van der Waals surface area contributed by atoms with Gasteiger partial charge >= 0.3 is 0 Å². The van der Waals surface area contributed by atoms with Crippen LogP contribution in [0.15, 0.2) is 10.3 Å². The van der Waals surface area contributed by atoms with Gasteiger partial charge in [0.15, 0.2) is 0 Å². The highest BCUT2D eigenvalue weighted by Crippen LogP contribution is 2.30. The molecule has 1 rings (SSSR count). The van der Waals surface area contributed by atoms with Crippen LogP contribution in [0.1, 0.15) is 32.3 Å². The van der Waals surface area contributed by atoms with Gasteiger partial charge in [0, 0.05) is 6.54 Å². The number of hydrogen-bond acceptors (Lipinski definition) is 4. The van der Waals surface area contributed by atoms with Gasteiger partial charge in [0.2, 0.25) is 10.0 Å². The summed E-state index contributed by atoms with van der Waals surface area (Å²) in [6, 6.07) is 1.53. The Bertz CT molecular complexity index is 489. The normalized spacial score (nSPS) is 15.6. The molecule has 104 valence electrons. The molecule has 0 radical (unpaired) electrons. The van der Waals surface area contributed by atoms with E-state index in [0.29, 0.717) is 10.8 Å². The quantitative estimate of drug-likeness (QED) is 0.848. The van der Waals surface area contributed by atoms with E-state index in [2.05, 4.69) is 4.72 Å². The van der Waals surface area contributed by atoms with Crippen LogP contribution in [-0.4, -0.2) is 25.7 Å². The van der Waals surface area contributed by atoms with Crippen LogP contribution in [0.2, 0.25) is 4.34 Å². The van der Waals surface area contributed by atoms with E-state index in [0.717, 1.165) is 23.3 Å². The van der Waals surface area contributed by atoms with Crippen molar-refractivity contribution in [3.63, 3.8) is 0 Å². The molecule has 1 aromatic rings. The van der Waals surface area contributed by atoms with Gasteiger partial charge in [-0.3, -0.25) is 0 Å². The molecule has 7 heteroatoms. The molecular formula is C11H18ClNO3S2. The highest BCUT2D eigenvalue weighted by Gasteiger charge is 2.24. The van der Waals surface area contributed by atoms with E-state index < -0.39 is 15.6 Å². The fourth-order valence-corrected chi connectivity index (χ4v) is 4.43. The number of hydrogen-bond donors (Lipinski definition) is 2. The molecule has 0 amide bonds. The van der Waals surface area contributed by atoms with Crippen LogP contribution in [0.5, 0.6) is 0 Å². The Morgan fingerprint density at radius 3 is 2.61 bits per heavy atom. The van der Waals surface area contributed by atoms with Crippen molar-refractivity contribution in [1.82, 2.24) is 4.72 Å². The summed E-state index contributed by atoms with van der Waals surface area (Å²) in [5, 5.41) is 9.93. The highest BCUT2D eigenvalue weighted by atomic mass is 35.5. The lowest BCUT2D eigenvalue weighted by atomic mass is 10.0. The molecule has 0 aliphatic heterocycles. The number of halogens is 1. The summed E-state index contributed by atoms with van der Waals surface area (Å²) >= 11 is 6.87. The van der Waals surface area contributed by atoms with Gasteiger partial charge in [-0.05, 0) is 31.9 Å². The van der Waals surface area contributed by atoms with E-state index in [9.17, 15) is 13.5 Å². The molecule has 2 N–H and O–H groups in total. The van der Waals surface area contributed by atoms with Crippen LogP contribution < -0.4 is 4.72 Å². The Balaban J connectivity index is 2.77. The second kappa shape index (κ2) is 5.88. The lowest BCUT2D eigenvalue weighted by molar-refractivity contribution is 0.0554. The molecule has 0 spiro atoms. The second-order valence-corrected chi connectivity index (χ2v) is 8.24. The summed E-state index contributed by atoms with van der Waals surface area (Å²) in [6.45, 7) is 5.31. The maximum Gasteiger partial charge on any atom is 0.250 e. The molecule has 4 nitrogen and oxygen atoms in total. The van der Waals surface area contributed by atoms with Gasteiger partial charge in [-0.15, -0.1) is 11.3 Å². The van der Waals surface area contributed by atoms with E-state index in [1.807, 2.05) is 6.92 Å². The summed E-state index contributed by atoms with van der Waals surface area (Å²) in [5.74, 6) is 0. The van der Waals surface area contributed by atoms with Crippen molar-refractivity contribution >= 4 is 33.0 Å². The third-order valence-corrected chi connectivity index (χ3v) is 5.96. The van der Waals surface area contributed by atoms with Crippen LogP contribution in [0.4, 0.5) is 0 Å². The Hall–Kier alpha value is -0.140. The zero-order chi connectivity index (χ0) is 14.0. The van der Waals surface area contributed by atoms with Crippen molar-refractivity contribution in [1.29, 1.82) is 0 Å². The van der Waals surface area contributed by atoms with E-state index in [-0.39, 0.29) is 10.8 Å². The minimum absolute atomic E-state index is 0.00224. The van der Waals surface area contributed by atoms with Crippen molar-refractivity contribution in [3.05, 3.63) is 16.0 Å². The molecule has 18 heavy (non-hydrogen) atoms. The van der Waals surface area contributed by atoms with E-state index >= 15 is 0 Å². The molecule has 0 saturated carbocycles. The summed E-state index contributed by atoms with van der Waals surface area (Å²) in [6.07, 6.45) is 1.33. The molecule has 0 aliphatic rings. The van der Waals surface area contributed by atoms with Crippen LogP contribution in [0.3, 0.4) is 0 Å². The average Bonchev–Trinajstić information content (AvgIpc) is 2.58. The number of aliphatic hydroxyl groups is 1. The van der Waals surface area contributed by atoms with Gasteiger partial charge < -0.3 is 5.11 Å². The third kappa shape index (κ3) is 4.20. The molecule has 1 aromatic heterocycles. The number of rotatable bonds is 6. The number of thiophene rings is 1. The first-order chi connectivity index (χ1) is 8.18. The van der Waals surface area contributed by atoms with E-state index in [1.165, 1.54) is 6.07 Å². The fraction of sp³-hybridized carbons (Fsp3) is 0.636. The molecule has 0 fully saturated rings. The highest BCUT2D eigenvalue weighted by molar-refractivity contribution is 7.91. The fourth-order valence-electron chi connectivity index (χ4n) is 1.51. The Morgan fingerprint density at radius 1 is 1.56 bits per heavy atom. The summed E-state index contributed by atoms with van der Waals surface area (Å²) in [4.78, 5) is 0. The molecule has 0 aliphatic carbocycles. The Morgan fingerprint density at radius 2 is 2.17 bits per heavy atom. The minimum atomic E-state index is -3.59. The smallest absolute Gasteiger partial charge is 0.250 e. The molecule has 1 atom stereocenters. The zero-order valence-corrected chi connectivity index (χ0v) is 13.0. The van der Waals surface area contributed by atoms with Crippen LogP contribution in [0.25, 0.3) is 0 Å². The maximum absolute atomic E-state index is 12.0. The maximum atomic E-state index is 12.0. The van der Waals surface area contributed by atoms with Gasteiger partial charge in [-0.25, -0.2) is 13.1 Å². The predicted octanol–water partition coefficient (Wildman–Crippen LogP) is 2.54. The largest absolute Gasteiger partial charge is 0.389 e. The molecule has 1 unspecified atom stereocenters. The van der Waals surface area contributed by atoms with Crippen LogP contribution >= 0.6 is 22.9 Å². The molecule has 0 bridgehead atoms. The molecule has 1 heterocycles. The Kier molecular flexibility index (Phi) is 5.20.